The summed E-state index contributed by atoms with van der Waals surface area (Å²) in [6.45, 7) is 0. The van der Waals surface area contributed by atoms with Crippen LogP contribution in [0.25, 0.3) is 21.9 Å². The fraction of sp³-hybridized carbons (Fsp3) is 0.100. The first kappa shape index (κ1) is 14.5. The number of rotatable bonds is 2. The molecule has 3 aromatic carbocycles. The van der Waals surface area contributed by atoms with Gasteiger partial charge in [0.25, 0.3) is 11.8 Å². The van der Waals surface area contributed by atoms with Gasteiger partial charge in [-0.3, -0.25) is 14.5 Å². The number of ether oxygens (including phenoxy) is 1. The van der Waals surface area contributed by atoms with E-state index >= 15 is 0 Å². The van der Waals surface area contributed by atoms with Crippen molar-refractivity contribution in [2.24, 2.45) is 0 Å². The Labute approximate surface area is 139 Å². The molecule has 0 bridgehead atoms. The van der Waals surface area contributed by atoms with Crippen LogP contribution in [0.5, 0.6) is 5.75 Å². The number of para-hydroxylation sites is 1. The molecule has 1 heterocycles. The fourth-order valence-electron chi connectivity index (χ4n) is 3.31. The first-order chi connectivity index (χ1) is 11.6. The summed E-state index contributed by atoms with van der Waals surface area (Å²) in [7, 11) is 3.12. The molecule has 0 saturated heterocycles. The van der Waals surface area contributed by atoms with Crippen molar-refractivity contribution in [2.45, 2.75) is 0 Å². The van der Waals surface area contributed by atoms with Crippen molar-refractivity contribution >= 4 is 22.6 Å². The molecule has 0 atom stereocenters. The molecule has 0 aromatic heterocycles. The van der Waals surface area contributed by atoms with Gasteiger partial charge < -0.3 is 4.74 Å². The van der Waals surface area contributed by atoms with Crippen LogP contribution in [0.15, 0.2) is 54.6 Å². The van der Waals surface area contributed by atoms with Gasteiger partial charge in [0.2, 0.25) is 0 Å². The van der Waals surface area contributed by atoms with Crippen LogP contribution in [0, 0.1) is 0 Å². The summed E-state index contributed by atoms with van der Waals surface area (Å²) in [4.78, 5) is 26.3. The Hall–Kier alpha value is -3.14. The van der Waals surface area contributed by atoms with Crippen LogP contribution in [-0.2, 0) is 0 Å². The highest BCUT2D eigenvalue weighted by Crippen LogP contribution is 2.41. The second kappa shape index (κ2) is 5.20. The summed E-state index contributed by atoms with van der Waals surface area (Å²) in [6, 6.07) is 17.1. The van der Waals surface area contributed by atoms with E-state index in [2.05, 4.69) is 0 Å². The summed E-state index contributed by atoms with van der Waals surface area (Å²) >= 11 is 0. The summed E-state index contributed by atoms with van der Waals surface area (Å²) in [6.07, 6.45) is 0. The van der Waals surface area contributed by atoms with E-state index in [4.69, 9.17) is 4.74 Å². The van der Waals surface area contributed by atoms with Gasteiger partial charge in [0.05, 0.1) is 18.2 Å². The molecule has 0 N–H and O–H groups in total. The maximum Gasteiger partial charge on any atom is 0.261 e. The van der Waals surface area contributed by atoms with Crippen LogP contribution < -0.4 is 4.74 Å². The lowest BCUT2D eigenvalue weighted by Crippen LogP contribution is -2.24. The Kier molecular flexibility index (Phi) is 3.13. The number of amides is 2. The van der Waals surface area contributed by atoms with Gasteiger partial charge in [-0.15, -0.1) is 0 Å². The summed E-state index contributed by atoms with van der Waals surface area (Å²) in [5.41, 5.74) is 2.46. The van der Waals surface area contributed by atoms with Crippen LogP contribution in [0.4, 0.5) is 0 Å². The molecule has 4 heteroatoms. The molecular formula is C20H15NO3. The summed E-state index contributed by atoms with van der Waals surface area (Å²) in [5, 5.41) is 1.85. The average molecular weight is 317 g/mol. The SMILES string of the molecule is COc1ccccc1-c1c2c(cc3ccccc13)C(=O)N(C)C2=O. The number of benzene rings is 3. The molecule has 4 rings (SSSR count). The normalized spacial score (nSPS) is 13.5. The molecule has 118 valence electrons. The monoisotopic (exact) mass is 317 g/mol. The molecule has 3 aromatic rings. The number of carbonyl (C=O) groups is 2. The zero-order valence-corrected chi connectivity index (χ0v) is 13.4. The third-order valence-corrected chi connectivity index (χ3v) is 4.48. The molecule has 0 unspecified atom stereocenters. The lowest BCUT2D eigenvalue weighted by atomic mass is 9.90. The number of fused-ring (bicyclic) bond motifs is 2. The van der Waals surface area contributed by atoms with E-state index in [0.717, 1.165) is 21.9 Å². The minimum atomic E-state index is -0.276. The van der Waals surface area contributed by atoms with Gasteiger partial charge in [-0.1, -0.05) is 42.5 Å². The smallest absolute Gasteiger partial charge is 0.261 e. The van der Waals surface area contributed by atoms with Crippen LogP contribution in [0.2, 0.25) is 0 Å². The zero-order valence-electron chi connectivity index (χ0n) is 13.4. The second-order valence-corrected chi connectivity index (χ2v) is 5.76. The van der Waals surface area contributed by atoms with Crippen LogP contribution in [0.3, 0.4) is 0 Å². The molecule has 0 aliphatic carbocycles. The number of hydrogen-bond donors (Lipinski definition) is 0. The second-order valence-electron chi connectivity index (χ2n) is 5.76. The van der Waals surface area contributed by atoms with Gasteiger partial charge in [-0.25, -0.2) is 0 Å². The minimum Gasteiger partial charge on any atom is -0.496 e. The number of carbonyl (C=O) groups excluding carboxylic acids is 2. The van der Waals surface area contributed by atoms with E-state index in [1.54, 1.807) is 13.2 Å². The summed E-state index contributed by atoms with van der Waals surface area (Å²) in [5.74, 6) is 0.129. The highest BCUT2D eigenvalue weighted by atomic mass is 16.5. The van der Waals surface area contributed by atoms with Crippen LogP contribution in [0.1, 0.15) is 20.7 Å². The topological polar surface area (TPSA) is 46.6 Å². The minimum absolute atomic E-state index is 0.267. The molecule has 0 spiro atoms. The highest BCUT2D eigenvalue weighted by Gasteiger charge is 2.36. The van der Waals surface area contributed by atoms with Gasteiger partial charge in [0.15, 0.2) is 0 Å². The number of nitrogens with zero attached hydrogens (tertiary/aromatic N) is 1. The third kappa shape index (κ3) is 1.86. The third-order valence-electron chi connectivity index (χ3n) is 4.48. The van der Waals surface area contributed by atoms with Crippen molar-refractivity contribution in [1.29, 1.82) is 0 Å². The largest absolute Gasteiger partial charge is 0.496 e. The fourth-order valence-corrected chi connectivity index (χ4v) is 3.31. The lowest BCUT2D eigenvalue weighted by Gasteiger charge is -2.14. The van der Waals surface area contributed by atoms with E-state index in [0.29, 0.717) is 16.9 Å². The molecule has 0 saturated carbocycles. The van der Waals surface area contributed by atoms with Crippen LogP contribution in [-0.4, -0.2) is 30.9 Å². The average Bonchev–Trinajstić information content (AvgIpc) is 2.84. The molecule has 0 fully saturated rings. The van der Waals surface area contributed by atoms with Crippen molar-refractivity contribution < 1.29 is 14.3 Å². The standard InChI is InChI=1S/C20H15NO3/c1-21-19(22)15-11-12-7-3-4-8-13(12)17(18(15)20(21)23)14-9-5-6-10-16(14)24-2/h3-11H,1-2H3. The zero-order chi connectivity index (χ0) is 16.8. The van der Waals surface area contributed by atoms with Gasteiger partial charge in [-0.05, 0) is 22.9 Å². The number of methoxy groups -OCH3 is 1. The van der Waals surface area contributed by atoms with Gasteiger partial charge >= 0.3 is 0 Å². The van der Waals surface area contributed by atoms with E-state index in [9.17, 15) is 9.59 Å². The Morgan fingerprint density at radius 1 is 0.833 bits per heavy atom. The van der Waals surface area contributed by atoms with Crippen molar-refractivity contribution in [1.82, 2.24) is 4.90 Å². The molecule has 0 radical (unpaired) electrons. The predicted molar refractivity (Wildman–Crippen MR) is 92.4 cm³/mol. The molecule has 4 nitrogen and oxygen atoms in total. The Morgan fingerprint density at radius 3 is 2.33 bits per heavy atom. The van der Waals surface area contributed by atoms with Crippen molar-refractivity contribution in [3.05, 3.63) is 65.7 Å². The van der Waals surface area contributed by atoms with E-state index in [-0.39, 0.29) is 11.8 Å². The molecule has 24 heavy (non-hydrogen) atoms. The maximum absolute atomic E-state index is 12.7. The van der Waals surface area contributed by atoms with Gasteiger partial charge in [-0.2, -0.15) is 0 Å². The first-order valence-corrected chi connectivity index (χ1v) is 7.65. The quantitative estimate of drug-likeness (QED) is 0.676. The van der Waals surface area contributed by atoms with Gasteiger partial charge in [0, 0.05) is 18.2 Å². The molecule has 1 aliphatic heterocycles. The lowest BCUT2D eigenvalue weighted by molar-refractivity contribution is 0.0693. The first-order valence-electron chi connectivity index (χ1n) is 7.65. The van der Waals surface area contributed by atoms with Gasteiger partial charge in [0.1, 0.15) is 5.75 Å². The van der Waals surface area contributed by atoms with Crippen molar-refractivity contribution in [3.8, 4) is 16.9 Å². The van der Waals surface area contributed by atoms with Crippen molar-refractivity contribution in [2.75, 3.05) is 14.2 Å². The Bertz CT molecular complexity index is 1010. The Balaban J connectivity index is 2.19. The molecule has 1 aliphatic rings. The number of hydrogen-bond acceptors (Lipinski definition) is 3. The summed E-state index contributed by atoms with van der Waals surface area (Å²) < 4.78 is 5.49. The predicted octanol–water partition coefficient (Wildman–Crippen LogP) is 3.74. The van der Waals surface area contributed by atoms with E-state index in [1.165, 1.54) is 11.9 Å². The highest BCUT2D eigenvalue weighted by molar-refractivity contribution is 6.27. The maximum atomic E-state index is 12.7. The number of imide groups is 1. The molecular weight excluding hydrogens is 302 g/mol. The van der Waals surface area contributed by atoms with Crippen molar-refractivity contribution in [3.63, 3.8) is 0 Å². The Morgan fingerprint density at radius 2 is 1.54 bits per heavy atom. The molecule has 2 amide bonds. The van der Waals surface area contributed by atoms with E-state index in [1.807, 2.05) is 48.5 Å². The van der Waals surface area contributed by atoms with E-state index < -0.39 is 0 Å². The van der Waals surface area contributed by atoms with Crippen LogP contribution >= 0.6 is 0 Å².